The summed E-state index contributed by atoms with van der Waals surface area (Å²) in [6, 6.07) is 9.83. The molecular formula is C20H27N5O. The average molecular weight is 353 g/mol. The van der Waals surface area contributed by atoms with E-state index in [0.29, 0.717) is 11.5 Å². The Bertz CT molecular complexity index is 751. The maximum absolute atomic E-state index is 12.6. The summed E-state index contributed by atoms with van der Waals surface area (Å²) in [6.07, 6.45) is 0.942. The third-order valence-corrected chi connectivity index (χ3v) is 4.98. The summed E-state index contributed by atoms with van der Waals surface area (Å²) in [6.45, 7) is 10.7. The second-order valence-corrected chi connectivity index (χ2v) is 6.62. The molecule has 3 rings (SSSR count). The molecule has 2 aromatic rings. The van der Waals surface area contributed by atoms with Crippen LogP contribution in [-0.4, -0.2) is 58.6 Å². The van der Waals surface area contributed by atoms with E-state index in [2.05, 4.69) is 59.4 Å². The molecule has 1 aliphatic heterocycles. The summed E-state index contributed by atoms with van der Waals surface area (Å²) in [5.41, 5.74) is 3.88. The summed E-state index contributed by atoms with van der Waals surface area (Å²) in [5.74, 6) is 0.617. The third kappa shape index (κ3) is 4.02. The number of nitrogens with zero attached hydrogens (tertiary/aromatic N) is 4. The molecule has 1 aliphatic rings. The van der Waals surface area contributed by atoms with Crippen molar-refractivity contribution >= 4 is 17.4 Å². The Labute approximate surface area is 155 Å². The van der Waals surface area contributed by atoms with Gasteiger partial charge >= 0.3 is 0 Å². The van der Waals surface area contributed by atoms with Crippen LogP contribution in [0.4, 0.5) is 11.5 Å². The number of rotatable bonds is 5. The van der Waals surface area contributed by atoms with Gasteiger partial charge in [0.1, 0.15) is 0 Å². The average Bonchev–Trinajstić information content (AvgIpc) is 2.69. The molecule has 6 heteroatoms. The largest absolute Gasteiger partial charge is 0.338 e. The van der Waals surface area contributed by atoms with E-state index in [0.717, 1.165) is 44.8 Å². The lowest BCUT2D eigenvalue weighted by molar-refractivity contribution is 0.0636. The molecule has 1 N–H and O–H groups in total. The molecule has 1 aromatic heterocycles. The van der Waals surface area contributed by atoms with Crippen molar-refractivity contribution in [2.45, 2.75) is 27.2 Å². The molecule has 0 radical (unpaired) electrons. The number of aromatic nitrogens is 2. The number of hydrogen-bond donors (Lipinski definition) is 1. The van der Waals surface area contributed by atoms with Crippen LogP contribution >= 0.6 is 0 Å². The number of nitrogens with one attached hydrogen (secondary N) is 1. The number of likely N-dealkylation sites (N-methyl/N-ethyl adjacent to an activating group) is 1. The molecule has 1 saturated heterocycles. The Morgan fingerprint density at radius 2 is 1.85 bits per heavy atom. The van der Waals surface area contributed by atoms with E-state index in [-0.39, 0.29) is 5.91 Å². The van der Waals surface area contributed by atoms with Gasteiger partial charge in [0.2, 0.25) is 0 Å². The lowest BCUT2D eigenvalue weighted by Crippen LogP contribution is -2.48. The smallest absolute Gasteiger partial charge is 0.274 e. The van der Waals surface area contributed by atoms with Crippen LogP contribution in [0.2, 0.25) is 0 Å². The molecule has 0 bridgehead atoms. The predicted octanol–water partition coefficient (Wildman–Crippen LogP) is 2.87. The summed E-state index contributed by atoms with van der Waals surface area (Å²) in [4.78, 5) is 16.8. The first-order valence-electron chi connectivity index (χ1n) is 9.33. The number of piperazine rings is 1. The van der Waals surface area contributed by atoms with Crippen LogP contribution in [0, 0.1) is 6.92 Å². The van der Waals surface area contributed by atoms with Crippen molar-refractivity contribution in [2.75, 3.05) is 38.0 Å². The number of aryl methyl sites for hydroxylation is 2. The molecule has 6 nitrogen and oxygen atoms in total. The van der Waals surface area contributed by atoms with Crippen molar-refractivity contribution in [3.05, 3.63) is 47.2 Å². The number of carbonyl (C=O) groups excluding carboxylic acids is 1. The van der Waals surface area contributed by atoms with Crippen molar-refractivity contribution in [1.29, 1.82) is 0 Å². The molecule has 26 heavy (non-hydrogen) atoms. The van der Waals surface area contributed by atoms with Crippen molar-refractivity contribution in [3.63, 3.8) is 0 Å². The van der Waals surface area contributed by atoms with Crippen LogP contribution in [0.3, 0.4) is 0 Å². The molecule has 0 spiro atoms. The lowest BCUT2D eigenvalue weighted by atomic mass is 10.1. The first-order chi connectivity index (χ1) is 12.6. The molecule has 0 saturated carbocycles. The van der Waals surface area contributed by atoms with Crippen LogP contribution < -0.4 is 5.32 Å². The minimum atomic E-state index is -0.0371. The summed E-state index contributed by atoms with van der Waals surface area (Å²) >= 11 is 0. The molecule has 138 valence electrons. The van der Waals surface area contributed by atoms with Gasteiger partial charge in [-0.1, -0.05) is 32.0 Å². The maximum atomic E-state index is 12.6. The fourth-order valence-electron chi connectivity index (χ4n) is 3.27. The van der Waals surface area contributed by atoms with Gasteiger partial charge in [0.25, 0.3) is 5.91 Å². The second kappa shape index (κ2) is 8.27. The monoisotopic (exact) mass is 353 g/mol. The van der Waals surface area contributed by atoms with Gasteiger partial charge < -0.3 is 15.1 Å². The van der Waals surface area contributed by atoms with Gasteiger partial charge in [0.15, 0.2) is 11.5 Å². The number of anilines is 2. The van der Waals surface area contributed by atoms with E-state index in [1.807, 2.05) is 11.0 Å². The Morgan fingerprint density at radius 3 is 2.46 bits per heavy atom. The van der Waals surface area contributed by atoms with E-state index in [4.69, 9.17) is 0 Å². The van der Waals surface area contributed by atoms with Crippen molar-refractivity contribution in [1.82, 2.24) is 20.0 Å². The van der Waals surface area contributed by atoms with Gasteiger partial charge in [-0.3, -0.25) is 4.79 Å². The Balaban J connectivity index is 1.68. The van der Waals surface area contributed by atoms with Gasteiger partial charge in [-0.25, -0.2) is 0 Å². The standard InChI is InChI=1S/C20H27N5O/c1-4-16-8-6-7-15(3)19(16)21-18-10-9-17(22-23-18)20(26)25-13-11-24(5-2)12-14-25/h6-10H,4-5,11-14H2,1-3H3,(H,21,23). The number of benzene rings is 1. The first kappa shape index (κ1) is 18.3. The quantitative estimate of drug-likeness (QED) is 0.896. The molecule has 0 atom stereocenters. The van der Waals surface area contributed by atoms with Gasteiger partial charge in [-0.15, -0.1) is 10.2 Å². The Hall–Kier alpha value is -2.47. The molecule has 0 aliphatic carbocycles. The van der Waals surface area contributed by atoms with Crippen molar-refractivity contribution in [3.8, 4) is 0 Å². The van der Waals surface area contributed by atoms with Crippen LogP contribution in [-0.2, 0) is 6.42 Å². The summed E-state index contributed by atoms with van der Waals surface area (Å²) in [5, 5.41) is 11.7. The molecule has 1 fully saturated rings. The minimum absolute atomic E-state index is 0.0371. The number of para-hydroxylation sites is 1. The highest BCUT2D eigenvalue weighted by Gasteiger charge is 2.22. The highest BCUT2D eigenvalue weighted by molar-refractivity contribution is 5.92. The number of amides is 1. The Morgan fingerprint density at radius 1 is 1.08 bits per heavy atom. The van der Waals surface area contributed by atoms with E-state index >= 15 is 0 Å². The van der Waals surface area contributed by atoms with Gasteiger partial charge in [0.05, 0.1) is 0 Å². The topological polar surface area (TPSA) is 61.4 Å². The summed E-state index contributed by atoms with van der Waals surface area (Å²) < 4.78 is 0. The maximum Gasteiger partial charge on any atom is 0.274 e. The SMILES string of the molecule is CCc1cccc(C)c1Nc1ccc(C(=O)N2CCN(CC)CC2)nn1. The number of carbonyl (C=O) groups is 1. The normalized spacial score (nSPS) is 15.1. The lowest BCUT2D eigenvalue weighted by Gasteiger charge is -2.33. The van der Waals surface area contributed by atoms with E-state index < -0.39 is 0 Å². The first-order valence-corrected chi connectivity index (χ1v) is 9.33. The molecule has 0 unspecified atom stereocenters. The van der Waals surface area contributed by atoms with E-state index in [1.54, 1.807) is 6.07 Å². The molecular weight excluding hydrogens is 326 g/mol. The zero-order valence-corrected chi connectivity index (χ0v) is 15.8. The molecule has 1 aromatic carbocycles. The highest BCUT2D eigenvalue weighted by atomic mass is 16.2. The van der Waals surface area contributed by atoms with Crippen molar-refractivity contribution in [2.24, 2.45) is 0 Å². The molecule has 1 amide bonds. The van der Waals surface area contributed by atoms with E-state index in [9.17, 15) is 4.79 Å². The fraction of sp³-hybridized carbons (Fsp3) is 0.450. The van der Waals surface area contributed by atoms with Crippen LogP contribution in [0.25, 0.3) is 0 Å². The number of hydrogen-bond acceptors (Lipinski definition) is 5. The van der Waals surface area contributed by atoms with Crippen LogP contribution in [0.5, 0.6) is 0 Å². The predicted molar refractivity (Wildman–Crippen MR) is 104 cm³/mol. The second-order valence-electron chi connectivity index (χ2n) is 6.62. The van der Waals surface area contributed by atoms with Crippen LogP contribution in [0.15, 0.2) is 30.3 Å². The summed E-state index contributed by atoms with van der Waals surface area (Å²) in [7, 11) is 0. The highest BCUT2D eigenvalue weighted by Crippen LogP contribution is 2.24. The fourth-order valence-corrected chi connectivity index (χ4v) is 3.27. The third-order valence-electron chi connectivity index (χ3n) is 4.98. The van der Waals surface area contributed by atoms with Crippen molar-refractivity contribution < 1.29 is 4.79 Å². The molecule has 2 heterocycles. The van der Waals surface area contributed by atoms with Gasteiger partial charge in [0, 0.05) is 31.9 Å². The zero-order chi connectivity index (χ0) is 18.5. The minimum Gasteiger partial charge on any atom is -0.338 e. The van der Waals surface area contributed by atoms with E-state index in [1.165, 1.54) is 11.1 Å². The van der Waals surface area contributed by atoms with Crippen LogP contribution in [0.1, 0.15) is 35.5 Å². The zero-order valence-electron chi connectivity index (χ0n) is 15.8. The van der Waals surface area contributed by atoms with Gasteiger partial charge in [-0.2, -0.15) is 0 Å². The van der Waals surface area contributed by atoms with Gasteiger partial charge in [-0.05, 0) is 43.1 Å². The Kier molecular flexibility index (Phi) is 5.83.